The molecule has 0 aliphatic carbocycles. The van der Waals surface area contributed by atoms with Gasteiger partial charge in [-0.2, -0.15) is 0 Å². The first kappa shape index (κ1) is 17.3. The molecule has 0 amide bonds. The second-order valence-electron chi connectivity index (χ2n) is 5.37. The summed E-state index contributed by atoms with van der Waals surface area (Å²) in [4.78, 5) is 24.3. The van der Waals surface area contributed by atoms with E-state index in [-0.39, 0.29) is 16.8 Å². The van der Waals surface area contributed by atoms with Gasteiger partial charge in [0.25, 0.3) is 0 Å². The molecule has 0 fully saturated rings. The van der Waals surface area contributed by atoms with Crippen LogP contribution in [0.4, 0.5) is 0 Å². The van der Waals surface area contributed by atoms with Gasteiger partial charge in [-0.3, -0.25) is 9.59 Å². The van der Waals surface area contributed by atoms with Gasteiger partial charge in [-0.25, -0.2) is 0 Å². The number of allylic oxidation sites excluding steroid dienone is 1. The van der Waals surface area contributed by atoms with Crippen molar-refractivity contribution in [3.8, 4) is 0 Å². The van der Waals surface area contributed by atoms with Crippen LogP contribution in [0.25, 0.3) is 0 Å². The number of ketones is 2. The van der Waals surface area contributed by atoms with Gasteiger partial charge in [0.15, 0.2) is 11.6 Å². The van der Waals surface area contributed by atoms with Crippen molar-refractivity contribution in [2.75, 3.05) is 5.75 Å². The fourth-order valence-corrected chi connectivity index (χ4v) is 4.97. The topological polar surface area (TPSA) is 34.1 Å². The third-order valence-corrected chi connectivity index (χ3v) is 6.38. The minimum atomic E-state index is 0.0347. The van der Waals surface area contributed by atoms with Crippen LogP contribution in [0.2, 0.25) is 5.02 Å². The molecule has 0 spiro atoms. The molecule has 1 atom stereocenters. The first-order valence-electron chi connectivity index (χ1n) is 7.49. The van der Waals surface area contributed by atoms with Crippen molar-refractivity contribution >= 4 is 46.7 Å². The second-order valence-corrected chi connectivity index (χ2v) is 8.33. The van der Waals surface area contributed by atoms with Crippen molar-refractivity contribution in [3.05, 3.63) is 81.1 Å². The summed E-state index contributed by atoms with van der Waals surface area (Å²) >= 11 is 8.92. The van der Waals surface area contributed by atoms with E-state index < -0.39 is 0 Å². The van der Waals surface area contributed by atoms with Crippen molar-refractivity contribution in [2.24, 2.45) is 0 Å². The molecule has 0 saturated heterocycles. The summed E-state index contributed by atoms with van der Waals surface area (Å²) in [5, 5.41) is 0.734. The fraction of sp³-hybridized carbons (Fsp3) is 0.158. The Bertz CT molecular complexity index is 770. The van der Waals surface area contributed by atoms with Crippen LogP contribution in [0.1, 0.15) is 27.6 Å². The predicted octanol–water partition coefficient (Wildman–Crippen LogP) is 5.54. The Kier molecular flexibility index (Phi) is 5.82. The van der Waals surface area contributed by atoms with Crippen molar-refractivity contribution in [2.45, 2.75) is 11.7 Å². The van der Waals surface area contributed by atoms with Crippen molar-refractivity contribution in [1.82, 2.24) is 0 Å². The molecule has 0 radical (unpaired) electrons. The van der Waals surface area contributed by atoms with Crippen molar-refractivity contribution in [1.29, 1.82) is 0 Å². The Labute approximate surface area is 154 Å². The molecular formula is C19H15ClO2S2. The van der Waals surface area contributed by atoms with Crippen LogP contribution in [0, 0.1) is 0 Å². The van der Waals surface area contributed by atoms with Crippen LogP contribution in [-0.2, 0) is 4.79 Å². The highest BCUT2D eigenvalue weighted by Crippen LogP contribution is 2.45. The largest absolute Gasteiger partial charge is 0.295 e. The lowest BCUT2D eigenvalue weighted by Gasteiger charge is -2.21. The average Bonchev–Trinajstić information content (AvgIpc) is 2.60. The minimum Gasteiger partial charge on any atom is -0.295 e. The molecule has 2 aromatic carbocycles. The van der Waals surface area contributed by atoms with Gasteiger partial charge in [0, 0.05) is 32.6 Å². The lowest BCUT2D eigenvalue weighted by atomic mass is 10.1. The number of rotatable bonds is 5. The molecule has 0 saturated carbocycles. The van der Waals surface area contributed by atoms with Gasteiger partial charge >= 0.3 is 0 Å². The normalized spacial score (nSPS) is 17.5. The van der Waals surface area contributed by atoms with E-state index in [0.717, 1.165) is 9.80 Å². The van der Waals surface area contributed by atoms with Gasteiger partial charge in [0.05, 0.1) is 5.75 Å². The van der Waals surface area contributed by atoms with Crippen molar-refractivity contribution < 1.29 is 9.59 Å². The summed E-state index contributed by atoms with van der Waals surface area (Å²) in [6, 6.07) is 16.9. The molecule has 2 aromatic rings. The smallest absolute Gasteiger partial charge is 0.173 e. The highest BCUT2D eigenvalue weighted by Gasteiger charge is 2.23. The zero-order chi connectivity index (χ0) is 16.9. The molecule has 0 unspecified atom stereocenters. The molecule has 1 aliphatic heterocycles. The Morgan fingerprint density at radius 1 is 1.12 bits per heavy atom. The second kappa shape index (κ2) is 8.06. The van der Waals surface area contributed by atoms with Crippen LogP contribution >= 0.6 is 35.1 Å². The van der Waals surface area contributed by atoms with Gasteiger partial charge in [-0.15, -0.1) is 23.5 Å². The lowest BCUT2D eigenvalue weighted by Crippen LogP contribution is -2.08. The van der Waals surface area contributed by atoms with Crippen LogP contribution in [0.3, 0.4) is 0 Å². The summed E-state index contributed by atoms with van der Waals surface area (Å²) in [6.45, 7) is 0. The molecule has 1 heterocycles. The Morgan fingerprint density at radius 3 is 2.54 bits per heavy atom. The van der Waals surface area contributed by atoms with E-state index in [1.54, 1.807) is 42.1 Å². The average molecular weight is 375 g/mol. The maximum Gasteiger partial charge on any atom is 0.173 e. The summed E-state index contributed by atoms with van der Waals surface area (Å²) in [5.74, 6) is 0.464. The first-order valence-corrected chi connectivity index (χ1v) is 9.74. The standard InChI is InChI=1S/C19H15ClO2S2/c20-15-8-6-13(7-9-15)17(22)12-23-19-11-16(21)10-18(24-19)14-4-2-1-3-5-14/h1-9,11,18H,10,12H2/t18-/m1/s1. The van der Waals surface area contributed by atoms with E-state index in [1.807, 2.05) is 30.3 Å². The molecule has 24 heavy (non-hydrogen) atoms. The van der Waals surface area contributed by atoms with Crippen LogP contribution in [0.15, 0.2) is 64.9 Å². The molecule has 3 rings (SSSR count). The zero-order valence-electron chi connectivity index (χ0n) is 12.8. The number of thioether (sulfide) groups is 2. The maximum atomic E-state index is 12.2. The number of carbonyl (C=O) groups excluding carboxylic acids is 2. The first-order chi connectivity index (χ1) is 11.6. The van der Waals surface area contributed by atoms with Gasteiger partial charge in [0.1, 0.15) is 0 Å². The van der Waals surface area contributed by atoms with Gasteiger partial charge in [0.2, 0.25) is 0 Å². The number of carbonyl (C=O) groups is 2. The van der Waals surface area contributed by atoms with Crippen LogP contribution in [0.5, 0.6) is 0 Å². The Hall–Kier alpha value is -1.49. The van der Waals surface area contributed by atoms with E-state index in [2.05, 4.69) is 0 Å². The zero-order valence-corrected chi connectivity index (χ0v) is 15.2. The third kappa shape index (κ3) is 4.53. The number of hydrogen-bond donors (Lipinski definition) is 0. The Balaban J connectivity index is 1.63. The summed E-state index contributed by atoms with van der Waals surface area (Å²) in [7, 11) is 0. The maximum absolute atomic E-state index is 12.2. The molecule has 0 N–H and O–H groups in total. The fourth-order valence-electron chi connectivity index (χ4n) is 2.37. The molecule has 122 valence electrons. The van der Waals surface area contributed by atoms with E-state index in [4.69, 9.17) is 11.6 Å². The van der Waals surface area contributed by atoms with Gasteiger partial charge in [-0.1, -0.05) is 41.9 Å². The SMILES string of the molecule is O=C1C=C(SCC(=O)c2ccc(Cl)cc2)S[C@@H](c2ccccc2)C1. The van der Waals surface area contributed by atoms with Gasteiger partial charge < -0.3 is 0 Å². The molecule has 5 heteroatoms. The Morgan fingerprint density at radius 2 is 1.83 bits per heavy atom. The monoisotopic (exact) mass is 374 g/mol. The number of halogens is 1. The minimum absolute atomic E-state index is 0.0347. The predicted molar refractivity (Wildman–Crippen MR) is 103 cm³/mol. The number of hydrogen-bond acceptors (Lipinski definition) is 4. The van der Waals surface area contributed by atoms with Crippen molar-refractivity contribution in [3.63, 3.8) is 0 Å². The van der Waals surface area contributed by atoms with Crippen LogP contribution in [-0.4, -0.2) is 17.3 Å². The molecule has 2 nitrogen and oxygen atoms in total. The molecule has 0 aromatic heterocycles. The quantitative estimate of drug-likeness (QED) is 0.643. The van der Waals surface area contributed by atoms with E-state index in [0.29, 0.717) is 22.8 Å². The highest BCUT2D eigenvalue weighted by atomic mass is 35.5. The molecule has 1 aliphatic rings. The van der Waals surface area contributed by atoms with E-state index in [9.17, 15) is 9.59 Å². The van der Waals surface area contributed by atoms with Crippen LogP contribution < -0.4 is 0 Å². The molecule has 0 bridgehead atoms. The number of Topliss-reactive ketones (excluding diaryl/α,β-unsaturated/α-hetero) is 1. The molecular weight excluding hydrogens is 360 g/mol. The summed E-state index contributed by atoms with van der Waals surface area (Å²) < 4.78 is 0.905. The number of benzene rings is 2. The van der Waals surface area contributed by atoms with E-state index >= 15 is 0 Å². The highest BCUT2D eigenvalue weighted by molar-refractivity contribution is 8.22. The van der Waals surface area contributed by atoms with Gasteiger partial charge in [-0.05, 0) is 29.8 Å². The summed E-state index contributed by atoms with van der Waals surface area (Å²) in [6.07, 6.45) is 2.16. The third-order valence-electron chi connectivity index (χ3n) is 3.61. The lowest BCUT2D eigenvalue weighted by molar-refractivity contribution is -0.114. The summed E-state index contributed by atoms with van der Waals surface area (Å²) in [5.41, 5.74) is 1.78. The van der Waals surface area contributed by atoms with E-state index in [1.165, 1.54) is 11.8 Å².